The molecule has 0 spiro atoms. The van der Waals surface area contributed by atoms with E-state index in [4.69, 9.17) is 15.2 Å². The number of rotatable bonds is 1. The molecular formula is C11H13F2NO2. The summed E-state index contributed by atoms with van der Waals surface area (Å²) in [6.07, 6.45) is 0. The molecule has 1 heterocycles. The smallest absolute Gasteiger partial charge is 0.194 e. The summed E-state index contributed by atoms with van der Waals surface area (Å²) in [4.78, 5) is 0. The van der Waals surface area contributed by atoms with Gasteiger partial charge in [0.15, 0.2) is 5.79 Å². The minimum Gasteiger partial charge on any atom is -0.344 e. The molecule has 5 heteroatoms. The lowest BCUT2D eigenvalue weighted by atomic mass is 10.1. The third kappa shape index (κ3) is 2.07. The van der Waals surface area contributed by atoms with E-state index >= 15 is 0 Å². The van der Waals surface area contributed by atoms with Crippen LogP contribution >= 0.6 is 0 Å². The van der Waals surface area contributed by atoms with Crippen LogP contribution in [0, 0.1) is 11.6 Å². The number of ether oxygens (including phenoxy) is 2. The molecule has 0 aromatic heterocycles. The van der Waals surface area contributed by atoms with Gasteiger partial charge in [-0.3, -0.25) is 0 Å². The van der Waals surface area contributed by atoms with Crippen LogP contribution in [0.5, 0.6) is 0 Å². The Bertz CT molecular complexity index is 390. The lowest BCUT2D eigenvalue weighted by Crippen LogP contribution is -2.46. The van der Waals surface area contributed by atoms with Crippen molar-refractivity contribution in [3.8, 4) is 0 Å². The first-order valence-electron chi connectivity index (χ1n) is 5.00. The van der Waals surface area contributed by atoms with Gasteiger partial charge in [0.25, 0.3) is 0 Å². The van der Waals surface area contributed by atoms with Gasteiger partial charge >= 0.3 is 0 Å². The van der Waals surface area contributed by atoms with Crippen molar-refractivity contribution in [1.82, 2.24) is 0 Å². The summed E-state index contributed by atoms with van der Waals surface area (Å²) < 4.78 is 37.1. The van der Waals surface area contributed by atoms with E-state index in [1.807, 2.05) is 0 Å². The number of benzene rings is 1. The number of nitrogens with two attached hydrogens (primary N) is 1. The summed E-state index contributed by atoms with van der Waals surface area (Å²) in [7, 11) is 0. The van der Waals surface area contributed by atoms with Crippen molar-refractivity contribution in [2.45, 2.75) is 18.8 Å². The van der Waals surface area contributed by atoms with Crippen LogP contribution < -0.4 is 5.73 Å². The summed E-state index contributed by atoms with van der Waals surface area (Å²) in [5, 5.41) is 0. The molecule has 3 nitrogen and oxygen atoms in total. The molecule has 2 rings (SSSR count). The number of halogens is 2. The van der Waals surface area contributed by atoms with Crippen LogP contribution in [0.25, 0.3) is 0 Å². The van der Waals surface area contributed by atoms with Crippen LogP contribution in [0.4, 0.5) is 8.78 Å². The quantitative estimate of drug-likeness (QED) is 0.793. The van der Waals surface area contributed by atoms with Gasteiger partial charge in [0.1, 0.15) is 11.6 Å². The van der Waals surface area contributed by atoms with Gasteiger partial charge in [-0.25, -0.2) is 8.78 Å². The van der Waals surface area contributed by atoms with E-state index in [1.54, 1.807) is 6.92 Å². The average Bonchev–Trinajstić information content (AvgIpc) is 2.22. The van der Waals surface area contributed by atoms with E-state index in [0.717, 1.165) is 6.07 Å². The fourth-order valence-electron chi connectivity index (χ4n) is 1.64. The molecule has 1 aliphatic heterocycles. The SMILES string of the molecule is CC1(c2ccc(F)cc2F)OCC(N)CO1. The second kappa shape index (κ2) is 4.08. The molecule has 0 saturated carbocycles. The second-order valence-electron chi connectivity index (χ2n) is 3.95. The highest BCUT2D eigenvalue weighted by molar-refractivity contribution is 5.23. The Morgan fingerprint density at radius 3 is 2.50 bits per heavy atom. The Kier molecular flexibility index (Phi) is 2.92. The monoisotopic (exact) mass is 229 g/mol. The molecule has 0 amide bonds. The summed E-state index contributed by atoms with van der Waals surface area (Å²) in [6.45, 7) is 2.16. The van der Waals surface area contributed by atoms with Crippen LogP contribution in [-0.4, -0.2) is 19.3 Å². The summed E-state index contributed by atoms with van der Waals surface area (Å²) in [5.41, 5.74) is 5.77. The molecule has 16 heavy (non-hydrogen) atoms. The number of hydrogen-bond acceptors (Lipinski definition) is 3. The van der Waals surface area contributed by atoms with Crippen molar-refractivity contribution < 1.29 is 18.3 Å². The average molecular weight is 229 g/mol. The fourth-order valence-corrected chi connectivity index (χ4v) is 1.64. The van der Waals surface area contributed by atoms with Crippen LogP contribution in [0.2, 0.25) is 0 Å². The zero-order chi connectivity index (χ0) is 11.8. The van der Waals surface area contributed by atoms with E-state index in [-0.39, 0.29) is 24.8 Å². The summed E-state index contributed by atoms with van der Waals surface area (Å²) in [5.74, 6) is -2.50. The first-order chi connectivity index (χ1) is 7.51. The van der Waals surface area contributed by atoms with Crippen molar-refractivity contribution >= 4 is 0 Å². The van der Waals surface area contributed by atoms with Crippen molar-refractivity contribution in [3.05, 3.63) is 35.4 Å². The minimum absolute atomic E-state index is 0.181. The van der Waals surface area contributed by atoms with Gasteiger partial charge in [0.2, 0.25) is 0 Å². The third-order valence-electron chi connectivity index (χ3n) is 2.57. The summed E-state index contributed by atoms with van der Waals surface area (Å²) in [6, 6.07) is 3.09. The topological polar surface area (TPSA) is 44.5 Å². The molecule has 1 fully saturated rings. The Balaban J connectivity index is 2.29. The van der Waals surface area contributed by atoms with Gasteiger partial charge in [0, 0.05) is 11.6 Å². The van der Waals surface area contributed by atoms with Crippen molar-refractivity contribution in [2.24, 2.45) is 5.73 Å². The molecule has 0 radical (unpaired) electrons. The van der Waals surface area contributed by atoms with Crippen LogP contribution in [0.3, 0.4) is 0 Å². The van der Waals surface area contributed by atoms with Gasteiger partial charge < -0.3 is 15.2 Å². The van der Waals surface area contributed by atoms with Crippen LogP contribution in [0.15, 0.2) is 18.2 Å². The molecule has 0 unspecified atom stereocenters. The molecule has 0 atom stereocenters. The van der Waals surface area contributed by atoms with Crippen molar-refractivity contribution in [2.75, 3.05) is 13.2 Å². The van der Waals surface area contributed by atoms with Gasteiger partial charge in [-0.05, 0) is 19.1 Å². The predicted molar refractivity (Wildman–Crippen MR) is 53.6 cm³/mol. The maximum absolute atomic E-state index is 13.5. The maximum atomic E-state index is 13.5. The molecule has 1 saturated heterocycles. The lowest BCUT2D eigenvalue weighted by Gasteiger charge is -2.36. The molecule has 88 valence electrons. The molecule has 0 aliphatic carbocycles. The standard InChI is InChI=1S/C11H13F2NO2/c1-11(15-5-8(14)6-16-11)9-3-2-7(12)4-10(9)13/h2-4,8H,5-6,14H2,1H3. The largest absolute Gasteiger partial charge is 0.344 e. The zero-order valence-electron chi connectivity index (χ0n) is 8.87. The highest BCUT2D eigenvalue weighted by Gasteiger charge is 2.36. The first kappa shape index (κ1) is 11.4. The van der Waals surface area contributed by atoms with Crippen molar-refractivity contribution in [3.63, 3.8) is 0 Å². The van der Waals surface area contributed by atoms with Crippen molar-refractivity contribution in [1.29, 1.82) is 0 Å². The fraction of sp³-hybridized carbons (Fsp3) is 0.455. The zero-order valence-corrected chi connectivity index (χ0v) is 8.87. The predicted octanol–water partition coefficient (Wildman–Crippen LogP) is 1.51. The van der Waals surface area contributed by atoms with Gasteiger partial charge in [-0.15, -0.1) is 0 Å². The molecule has 0 bridgehead atoms. The van der Waals surface area contributed by atoms with E-state index in [1.165, 1.54) is 12.1 Å². The number of hydrogen-bond donors (Lipinski definition) is 1. The Morgan fingerprint density at radius 1 is 1.31 bits per heavy atom. The Morgan fingerprint density at radius 2 is 1.94 bits per heavy atom. The lowest BCUT2D eigenvalue weighted by molar-refractivity contribution is -0.271. The summed E-state index contributed by atoms with van der Waals surface area (Å²) >= 11 is 0. The van der Waals surface area contributed by atoms with E-state index in [9.17, 15) is 8.78 Å². The minimum atomic E-state index is -1.19. The molecule has 2 N–H and O–H groups in total. The maximum Gasteiger partial charge on any atom is 0.194 e. The molecule has 1 aliphatic rings. The third-order valence-corrected chi connectivity index (χ3v) is 2.57. The van der Waals surface area contributed by atoms with E-state index in [2.05, 4.69) is 0 Å². The van der Waals surface area contributed by atoms with Gasteiger partial charge in [0.05, 0.1) is 19.3 Å². The van der Waals surface area contributed by atoms with Crippen LogP contribution in [-0.2, 0) is 15.3 Å². The second-order valence-corrected chi connectivity index (χ2v) is 3.95. The Labute approximate surface area is 92.1 Å². The highest BCUT2D eigenvalue weighted by atomic mass is 19.1. The van der Waals surface area contributed by atoms with E-state index < -0.39 is 17.4 Å². The molecule has 1 aromatic carbocycles. The van der Waals surface area contributed by atoms with Gasteiger partial charge in [-0.2, -0.15) is 0 Å². The molecular weight excluding hydrogens is 216 g/mol. The van der Waals surface area contributed by atoms with Gasteiger partial charge in [-0.1, -0.05) is 0 Å². The highest BCUT2D eigenvalue weighted by Crippen LogP contribution is 2.31. The normalized spacial score (nSPS) is 30.4. The first-order valence-corrected chi connectivity index (χ1v) is 5.00. The van der Waals surface area contributed by atoms with Crippen LogP contribution in [0.1, 0.15) is 12.5 Å². The Hall–Kier alpha value is -1.04. The van der Waals surface area contributed by atoms with E-state index in [0.29, 0.717) is 0 Å². The molecule has 1 aromatic rings.